The molecule has 0 aliphatic heterocycles. The molecule has 0 bridgehead atoms. The third-order valence-electron chi connectivity index (χ3n) is 3.69. The molecular weight excluding hydrogens is 392 g/mol. The van der Waals surface area contributed by atoms with Crippen LogP contribution in [0.15, 0.2) is 42.5 Å². The number of thiocarbonyl (C=S) groups is 2. The van der Waals surface area contributed by atoms with Crippen LogP contribution < -0.4 is 21.3 Å². The van der Waals surface area contributed by atoms with Gasteiger partial charge in [0.05, 0.1) is 0 Å². The summed E-state index contributed by atoms with van der Waals surface area (Å²) in [5.74, 6) is -0.416. The van der Waals surface area contributed by atoms with Gasteiger partial charge in [-0.2, -0.15) is 0 Å². The van der Waals surface area contributed by atoms with E-state index in [2.05, 4.69) is 21.3 Å². The van der Waals surface area contributed by atoms with E-state index >= 15 is 0 Å². The standard InChI is InChI=1S/C20H22N4O2S2/c1-4-17(25)23-19(27)21-15-5-7-16(8-6-15)22-20(28)24-18(26)14-10-12(2)9-13(3)11-14/h5-11H,4H2,1-3H3,(H2,21,23,25,27)(H2,22,24,26,28). The Hall–Kier alpha value is -2.84. The van der Waals surface area contributed by atoms with Crippen LogP contribution in [0.25, 0.3) is 0 Å². The van der Waals surface area contributed by atoms with E-state index in [4.69, 9.17) is 24.4 Å². The fourth-order valence-electron chi connectivity index (χ4n) is 2.46. The van der Waals surface area contributed by atoms with Crippen LogP contribution in [0, 0.1) is 13.8 Å². The van der Waals surface area contributed by atoms with Crippen LogP contribution in [0.4, 0.5) is 11.4 Å². The molecule has 0 aromatic heterocycles. The van der Waals surface area contributed by atoms with E-state index in [0.717, 1.165) is 16.8 Å². The van der Waals surface area contributed by atoms with Crippen molar-refractivity contribution < 1.29 is 9.59 Å². The number of benzene rings is 2. The summed E-state index contributed by atoms with van der Waals surface area (Å²) >= 11 is 10.3. The fraction of sp³-hybridized carbons (Fsp3) is 0.200. The first-order valence-corrected chi connectivity index (χ1v) is 9.50. The smallest absolute Gasteiger partial charge is 0.257 e. The fourth-order valence-corrected chi connectivity index (χ4v) is 2.90. The lowest BCUT2D eigenvalue weighted by Crippen LogP contribution is -2.34. The van der Waals surface area contributed by atoms with Crippen molar-refractivity contribution in [1.82, 2.24) is 10.6 Å². The van der Waals surface area contributed by atoms with E-state index in [1.165, 1.54) is 0 Å². The molecule has 8 heteroatoms. The number of hydrogen-bond donors (Lipinski definition) is 4. The third-order valence-corrected chi connectivity index (χ3v) is 4.09. The van der Waals surface area contributed by atoms with Gasteiger partial charge in [0.1, 0.15) is 0 Å². The summed E-state index contributed by atoms with van der Waals surface area (Å²) in [6.45, 7) is 5.63. The Morgan fingerprint density at radius 3 is 1.75 bits per heavy atom. The van der Waals surface area contributed by atoms with Crippen LogP contribution in [-0.4, -0.2) is 22.0 Å². The largest absolute Gasteiger partial charge is 0.332 e. The average molecular weight is 415 g/mol. The molecule has 0 saturated heterocycles. The summed E-state index contributed by atoms with van der Waals surface area (Å²) in [4.78, 5) is 23.7. The molecule has 0 spiro atoms. The minimum absolute atomic E-state index is 0.152. The maximum absolute atomic E-state index is 12.3. The zero-order valence-electron chi connectivity index (χ0n) is 15.9. The quantitative estimate of drug-likeness (QED) is 0.572. The zero-order chi connectivity index (χ0) is 20.7. The van der Waals surface area contributed by atoms with Crippen LogP contribution in [0.2, 0.25) is 0 Å². The lowest BCUT2D eigenvalue weighted by Gasteiger charge is -2.12. The molecule has 0 fully saturated rings. The molecule has 2 aromatic rings. The van der Waals surface area contributed by atoms with Gasteiger partial charge < -0.3 is 16.0 Å². The lowest BCUT2D eigenvalue weighted by atomic mass is 10.1. The number of nitrogens with one attached hydrogen (secondary N) is 4. The first-order chi connectivity index (χ1) is 13.3. The molecule has 0 aliphatic rings. The van der Waals surface area contributed by atoms with E-state index in [0.29, 0.717) is 17.7 Å². The molecule has 0 aliphatic carbocycles. The van der Waals surface area contributed by atoms with Crippen molar-refractivity contribution >= 4 is 57.8 Å². The van der Waals surface area contributed by atoms with Gasteiger partial charge in [-0.3, -0.25) is 14.9 Å². The second kappa shape index (κ2) is 9.91. The van der Waals surface area contributed by atoms with Crippen molar-refractivity contribution in [2.24, 2.45) is 0 Å². The molecule has 0 atom stereocenters. The topological polar surface area (TPSA) is 82.3 Å². The third kappa shape index (κ3) is 6.71. The van der Waals surface area contributed by atoms with Gasteiger partial charge in [0.15, 0.2) is 10.2 Å². The van der Waals surface area contributed by atoms with Gasteiger partial charge >= 0.3 is 0 Å². The Kier molecular flexibility index (Phi) is 7.60. The molecule has 2 rings (SSSR count). The SMILES string of the molecule is CCC(=O)NC(=S)Nc1ccc(NC(=S)NC(=O)c2cc(C)cc(C)c2)cc1. The van der Waals surface area contributed by atoms with Crippen LogP contribution in [0.3, 0.4) is 0 Å². The van der Waals surface area contributed by atoms with Crippen LogP contribution in [0.1, 0.15) is 34.8 Å². The highest BCUT2D eigenvalue weighted by Gasteiger charge is 2.09. The van der Waals surface area contributed by atoms with E-state index in [-0.39, 0.29) is 22.0 Å². The summed E-state index contributed by atoms with van der Waals surface area (Å²) in [5, 5.41) is 11.6. The predicted molar refractivity (Wildman–Crippen MR) is 121 cm³/mol. The Bertz CT molecular complexity index is 891. The van der Waals surface area contributed by atoms with Gasteiger partial charge in [0.2, 0.25) is 5.91 Å². The molecule has 146 valence electrons. The number of anilines is 2. The Balaban J connectivity index is 1.90. The maximum atomic E-state index is 12.3. The first-order valence-electron chi connectivity index (χ1n) is 8.68. The molecule has 0 heterocycles. The van der Waals surface area contributed by atoms with Gasteiger partial charge in [-0.25, -0.2) is 0 Å². The molecule has 6 nitrogen and oxygen atoms in total. The highest BCUT2D eigenvalue weighted by atomic mass is 32.1. The average Bonchev–Trinajstić information content (AvgIpc) is 2.62. The van der Waals surface area contributed by atoms with Gasteiger partial charge in [-0.1, -0.05) is 24.1 Å². The van der Waals surface area contributed by atoms with Crippen molar-refractivity contribution in [2.75, 3.05) is 10.6 Å². The molecular formula is C20H22N4O2S2. The summed E-state index contributed by atoms with van der Waals surface area (Å²) in [6, 6.07) is 12.7. The van der Waals surface area contributed by atoms with Crippen LogP contribution in [0.5, 0.6) is 0 Å². The Labute approximate surface area is 175 Å². The van der Waals surface area contributed by atoms with E-state index < -0.39 is 0 Å². The Morgan fingerprint density at radius 1 is 0.821 bits per heavy atom. The van der Waals surface area contributed by atoms with E-state index in [9.17, 15) is 9.59 Å². The van der Waals surface area contributed by atoms with E-state index in [1.54, 1.807) is 31.2 Å². The second-order valence-corrected chi connectivity index (χ2v) is 7.03. The van der Waals surface area contributed by atoms with Gasteiger partial charge in [-0.15, -0.1) is 0 Å². The van der Waals surface area contributed by atoms with Gasteiger partial charge in [-0.05, 0) is 74.7 Å². The summed E-state index contributed by atoms with van der Waals surface area (Å²) < 4.78 is 0. The number of amides is 2. The molecule has 2 aromatic carbocycles. The molecule has 0 unspecified atom stereocenters. The number of hydrogen-bond acceptors (Lipinski definition) is 4. The summed E-state index contributed by atoms with van der Waals surface area (Å²) in [5.41, 5.74) is 4.01. The number of carbonyl (C=O) groups excluding carboxylic acids is 2. The summed E-state index contributed by atoms with van der Waals surface area (Å²) in [6.07, 6.45) is 0.357. The number of carbonyl (C=O) groups is 2. The van der Waals surface area contributed by atoms with Crippen molar-refractivity contribution in [2.45, 2.75) is 27.2 Å². The molecule has 2 amide bonds. The predicted octanol–water partition coefficient (Wildman–Crippen LogP) is 3.65. The highest BCUT2D eigenvalue weighted by Crippen LogP contribution is 2.14. The van der Waals surface area contributed by atoms with Crippen molar-refractivity contribution in [3.63, 3.8) is 0 Å². The van der Waals surface area contributed by atoms with Crippen LogP contribution >= 0.6 is 24.4 Å². The van der Waals surface area contributed by atoms with Crippen molar-refractivity contribution in [1.29, 1.82) is 0 Å². The van der Waals surface area contributed by atoms with Crippen LogP contribution in [-0.2, 0) is 4.79 Å². The van der Waals surface area contributed by atoms with Gasteiger partial charge in [0.25, 0.3) is 5.91 Å². The normalized spacial score (nSPS) is 9.96. The van der Waals surface area contributed by atoms with E-state index in [1.807, 2.05) is 32.0 Å². The van der Waals surface area contributed by atoms with Gasteiger partial charge in [0, 0.05) is 23.4 Å². The van der Waals surface area contributed by atoms with Crippen molar-refractivity contribution in [3.8, 4) is 0 Å². The van der Waals surface area contributed by atoms with Crippen molar-refractivity contribution in [3.05, 3.63) is 59.2 Å². The number of rotatable bonds is 4. The number of aryl methyl sites for hydroxylation is 2. The second-order valence-electron chi connectivity index (χ2n) is 6.22. The maximum Gasteiger partial charge on any atom is 0.257 e. The first kappa shape index (κ1) is 21.5. The lowest BCUT2D eigenvalue weighted by molar-refractivity contribution is -0.119. The monoisotopic (exact) mass is 414 g/mol. The minimum atomic E-state index is -0.264. The molecule has 28 heavy (non-hydrogen) atoms. The Morgan fingerprint density at radius 2 is 1.29 bits per heavy atom. The molecule has 0 radical (unpaired) electrons. The summed E-state index contributed by atoms with van der Waals surface area (Å²) in [7, 11) is 0. The zero-order valence-corrected chi connectivity index (χ0v) is 17.5. The molecule has 4 N–H and O–H groups in total. The minimum Gasteiger partial charge on any atom is -0.332 e. The molecule has 0 saturated carbocycles. The highest BCUT2D eigenvalue weighted by molar-refractivity contribution is 7.80.